The van der Waals surface area contributed by atoms with Gasteiger partial charge in [0.1, 0.15) is 11.4 Å². The zero-order valence-electron chi connectivity index (χ0n) is 9.58. The zero-order valence-corrected chi connectivity index (χ0v) is 9.58. The maximum Gasteiger partial charge on any atom is 0.315 e. The first kappa shape index (κ1) is 12.0. The molecule has 2 aromatic rings. The molecule has 0 aliphatic heterocycles. The molecule has 2 rings (SSSR count). The molecule has 0 atom stereocenters. The fourth-order valence-corrected chi connectivity index (χ4v) is 1.51. The van der Waals surface area contributed by atoms with Crippen LogP contribution >= 0.6 is 0 Å². The van der Waals surface area contributed by atoms with Crippen molar-refractivity contribution in [1.82, 2.24) is 0 Å². The van der Waals surface area contributed by atoms with E-state index in [0.29, 0.717) is 11.4 Å². The van der Waals surface area contributed by atoms with Gasteiger partial charge in [-0.25, -0.2) is 0 Å². The average molecular weight is 241 g/mol. The van der Waals surface area contributed by atoms with E-state index in [2.05, 4.69) is 5.18 Å². The van der Waals surface area contributed by atoms with Crippen molar-refractivity contribution in [3.63, 3.8) is 0 Å². The molecule has 0 aliphatic carbocycles. The number of carbonyl (C=O) groups excluding carboxylic acids is 1. The molecule has 0 aliphatic rings. The van der Waals surface area contributed by atoms with E-state index in [-0.39, 0.29) is 12.4 Å². The topological polar surface area (TPSA) is 55.7 Å². The Kier molecular flexibility index (Phi) is 3.81. The molecule has 0 amide bonds. The summed E-state index contributed by atoms with van der Waals surface area (Å²) >= 11 is 0. The predicted octanol–water partition coefficient (Wildman–Crippen LogP) is 3.23. The molecular formula is C14H11NO3. The van der Waals surface area contributed by atoms with Crippen molar-refractivity contribution in [2.24, 2.45) is 5.18 Å². The smallest absolute Gasteiger partial charge is 0.315 e. The van der Waals surface area contributed by atoms with Crippen molar-refractivity contribution in [2.75, 3.05) is 0 Å². The number of esters is 1. The highest BCUT2D eigenvalue weighted by molar-refractivity contribution is 5.75. The molecule has 0 heterocycles. The van der Waals surface area contributed by atoms with Crippen LogP contribution in [0.15, 0.2) is 59.8 Å². The van der Waals surface area contributed by atoms with Crippen LogP contribution in [-0.2, 0) is 11.2 Å². The second kappa shape index (κ2) is 5.72. The zero-order chi connectivity index (χ0) is 12.8. The lowest BCUT2D eigenvalue weighted by Gasteiger charge is -2.04. The van der Waals surface area contributed by atoms with Gasteiger partial charge in [-0.3, -0.25) is 4.79 Å². The first-order valence-electron chi connectivity index (χ1n) is 5.46. The fourth-order valence-electron chi connectivity index (χ4n) is 1.51. The minimum atomic E-state index is -0.340. The number of benzene rings is 2. The van der Waals surface area contributed by atoms with Crippen LogP contribution in [-0.4, -0.2) is 5.97 Å². The van der Waals surface area contributed by atoms with Crippen molar-refractivity contribution in [2.45, 2.75) is 6.42 Å². The molecule has 0 saturated carbocycles. The van der Waals surface area contributed by atoms with Crippen molar-refractivity contribution in [1.29, 1.82) is 0 Å². The van der Waals surface area contributed by atoms with Crippen LogP contribution < -0.4 is 4.74 Å². The molecule has 0 saturated heterocycles. The fraction of sp³-hybridized carbons (Fsp3) is 0.0714. The summed E-state index contributed by atoms with van der Waals surface area (Å²) in [5, 5.41) is 2.77. The highest BCUT2D eigenvalue weighted by Gasteiger charge is 2.06. The highest BCUT2D eigenvalue weighted by Crippen LogP contribution is 2.18. The molecule has 0 radical (unpaired) electrons. The monoisotopic (exact) mass is 241 g/mol. The summed E-state index contributed by atoms with van der Waals surface area (Å²) in [6.45, 7) is 0. The van der Waals surface area contributed by atoms with E-state index in [4.69, 9.17) is 4.74 Å². The molecular weight excluding hydrogens is 230 g/mol. The standard InChI is InChI=1S/C14H11NO3/c16-14(10-11-4-2-1-3-5-11)18-13-8-6-12(15-17)7-9-13/h1-9H,10H2. The highest BCUT2D eigenvalue weighted by atomic mass is 16.5. The molecule has 0 bridgehead atoms. The SMILES string of the molecule is O=Nc1ccc(OC(=O)Cc2ccccc2)cc1. The minimum absolute atomic E-state index is 0.217. The quantitative estimate of drug-likeness (QED) is 0.469. The van der Waals surface area contributed by atoms with Gasteiger partial charge in [0, 0.05) is 0 Å². The third kappa shape index (κ3) is 3.25. The number of nitroso groups, excluding NO2 is 1. The van der Waals surface area contributed by atoms with Gasteiger partial charge in [0.05, 0.1) is 6.42 Å². The molecule has 0 fully saturated rings. The Morgan fingerprint density at radius 3 is 2.28 bits per heavy atom. The number of nitrogens with zero attached hydrogens (tertiary/aromatic N) is 1. The van der Waals surface area contributed by atoms with E-state index in [1.165, 1.54) is 12.1 Å². The summed E-state index contributed by atoms with van der Waals surface area (Å²) in [5.74, 6) is 0.0661. The largest absolute Gasteiger partial charge is 0.426 e. The van der Waals surface area contributed by atoms with Gasteiger partial charge in [-0.1, -0.05) is 30.3 Å². The maximum atomic E-state index is 11.6. The maximum absolute atomic E-state index is 11.6. The van der Waals surface area contributed by atoms with Crippen LogP contribution in [0.1, 0.15) is 5.56 Å². The van der Waals surface area contributed by atoms with E-state index >= 15 is 0 Å². The summed E-state index contributed by atoms with van der Waals surface area (Å²) in [4.78, 5) is 21.9. The third-order valence-corrected chi connectivity index (χ3v) is 2.37. The summed E-state index contributed by atoms with van der Waals surface area (Å²) in [6.07, 6.45) is 0.217. The van der Waals surface area contributed by atoms with Crippen LogP contribution in [0.4, 0.5) is 5.69 Å². The number of rotatable bonds is 4. The summed E-state index contributed by atoms with van der Waals surface area (Å²) < 4.78 is 5.14. The predicted molar refractivity (Wildman–Crippen MR) is 67.7 cm³/mol. The number of hydrogen-bond donors (Lipinski definition) is 0. The Balaban J connectivity index is 1.96. The van der Waals surface area contributed by atoms with E-state index in [0.717, 1.165) is 5.56 Å². The van der Waals surface area contributed by atoms with E-state index < -0.39 is 0 Å². The number of ether oxygens (including phenoxy) is 1. The summed E-state index contributed by atoms with van der Waals surface area (Å²) in [7, 11) is 0. The first-order chi connectivity index (χ1) is 8.78. The second-order valence-corrected chi connectivity index (χ2v) is 3.72. The van der Waals surface area contributed by atoms with Crippen LogP contribution in [0.25, 0.3) is 0 Å². The van der Waals surface area contributed by atoms with Crippen LogP contribution in [0, 0.1) is 4.91 Å². The normalized spacial score (nSPS) is 9.78. The van der Waals surface area contributed by atoms with Crippen molar-refractivity contribution < 1.29 is 9.53 Å². The molecule has 0 spiro atoms. The van der Waals surface area contributed by atoms with Gasteiger partial charge >= 0.3 is 5.97 Å². The minimum Gasteiger partial charge on any atom is -0.426 e. The van der Waals surface area contributed by atoms with Gasteiger partial charge in [-0.15, -0.1) is 4.91 Å². The lowest BCUT2D eigenvalue weighted by atomic mass is 10.2. The lowest BCUT2D eigenvalue weighted by Crippen LogP contribution is -2.10. The van der Waals surface area contributed by atoms with Crippen molar-refractivity contribution >= 4 is 11.7 Å². The molecule has 90 valence electrons. The second-order valence-electron chi connectivity index (χ2n) is 3.72. The Labute approximate surface area is 104 Å². The van der Waals surface area contributed by atoms with Gasteiger partial charge in [-0.05, 0) is 35.0 Å². The lowest BCUT2D eigenvalue weighted by molar-refractivity contribution is -0.133. The van der Waals surface area contributed by atoms with E-state index in [9.17, 15) is 9.70 Å². The Morgan fingerprint density at radius 2 is 1.67 bits per heavy atom. The van der Waals surface area contributed by atoms with Gasteiger partial charge in [0.25, 0.3) is 0 Å². The molecule has 4 nitrogen and oxygen atoms in total. The molecule has 0 unspecified atom stereocenters. The number of hydrogen-bond acceptors (Lipinski definition) is 4. The molecule has 0 aromatic heterocycles. The Bertz CT molecular complexity index is 535. The Morgan fingerprint density at radius 1 is 1.00 bits per heavy atom. The van der Waals surface area contributed by atoms with Crippen LogP contribution in [0.2, 0.25) is 0 Å². The molecule has 18 heavy (non-hydrogen) atoms. The van der Waals surface area contributed by atoms with E-state index in [1.54, 1.807) is 12.1 Å². The Hall–Kier alpha value is -2.49. The summed E-state index contributed by atoms with van der Waals surface area (Å²) in [6, 6.07) is 15.4. The van der Waals surface area contributed by atoms with Gasteiger partial charge in [-0.2, -0.15) is 0 Å². The first-order valence-corrected chi connectivity index (χ1v) is 5.46. The summed E-state index contributed by atoms with van der Waals surface area (Å²) in [5.41, 5.74) is 1.20. The van der Waals surface area contributed by atoms with Crippen LogP contribution in [0.5, 0.6) is 5.75 Å². The van der Waals surface area contributed by atoms with Crippen molar-refractivity contribution in [3.05, 3.63) is 65.1 Å². The third-order valence-electron chi connectivity index (χ3n) is 2.37. The van der Waals surface area contributed by atoms with E-state index in [1.807, 2.05) is 30.3 Å². The average Bonchev–Trinajstić information content (AvgIpc) is 2.40. The molecule has 0 N–H and O–H groups in total. The van der Waals surface area contributed by atoms with Gasteiger partial charge in [0.15, 0.2) is 0 Å². The van der Waals surface area contributed by atoms with Gasteiger partial charge in [0.2, 0.25) is 0 Å². The number of carbonyl (C=O) groups is 1. The van der Waals surface area contributed by atoms with Gasteiger partial charge < -0.3 is 4.74 Å². The van der Waals surface area contributed by atoms with Crippen LogP contribution in [0.3, 0.4) is 0 Å². The molecule has 2 aromatic carbocycles. The molecule has 4 heteroatoms. The van der Waals surface area contributed by atoms with Crippen molar-refractivity contribution in [3.8, 4) is 5.75 Å².